The zero-order chi connectivity index (χ0) is 18.8. The van der Waals surface area contributed by atoms with Crippen LogP contribution in [0, 0.1) is 12.8 Å². The quantitative estimate of drug-likeness (QED) is 0.653. The fourth-order valence-corrected chi connectivity index (χ4v) is 3.97. The van der Waals surface area contributed by atoms with Gasteiger partial charge in [0.1, 0.15) is 0 Å². The van der Waals surface area contributed by atoms with E-state index in [1.165, 1.54) is 6.42 Å². The first-order valence-corrected chi connectivity index (χ1v) is 9.45. The second kappa shape index (κ2) is 10.0. The number of aromatic nitrogens is 4. The molecule has 0 radical (unpaired) electrons. The van der Waals surface area contributed by atoms with Crippen molar-refractivity contribution in [2.24, 2.45) is 11.7 Å². The number of fused-ring (bicyclic) bond motifs is 1. The van der Waals surface area contributed by atoms with E-state index < -0.39 is 0 Å². The van der Waals surface area contributed by atoms with Gasteiger partial charge in [-0.2, -0.15) is 0 Å². The predicted molar refractivity (Wildman–Crippen MR) is 118 cm³/mol. The van der Waals surface area contributed by atoms with Gasteiger partial charge in [0.05, 0.1) is 11.4 Å². The summed E-state index contributed by atoms with van der Waals surface area (Å²) in [6.45, 7) is 2.47. The Bertz CT molecular complexity index is 971. The third kappa shape index (κ3) is 4.52. The van der Waals surface area contributed by atoms with E-state index in [9.17, 15) is 4.79 Å². The van der Waals surface area contributed by atoms with Crippen molar-refractivity contribution >= 4 is 41.5 Å². The van der Waals surface area contributed by atoms with Crippen LogP contribution < -0.4 is 11.1 Å². The molecule has 1 saturated carbocycles. The first-order chi connectivity index (χ1) is 13.2. The molecule has 1 aliphatic carbocycles. The van der Waals surface area contributed by atoms with Crippen LogP contribution in [0.5, 0.6) is 0 Å². The Morgan fingerprint density at radius 1 is 1.24 bits per heavy atom. The molecule has 0 aliphatic heterocycles. The fourth-order valence-electron chi connectivity index (χ4n) is 3.97. The Labute approximate surface area is 182 Å². The molecule has 2 heterocycles. The normalized spacial score (nSPS) is 18.6. The fraction of sp³-hybridized carbons (Fsp3) is 0.400. The summed E-state index contributed by atoms with van der Waals surface area (Å²) in [5.41, 5.74) is 7.85. The summed E-state index contributed by atoms with van der Waals surface area (Å²) in [7, 11) is 0. The van der Waals surface area contributed by atoms with Gasteiger partial charge >= 0.3 is 0 Å². The summed E-state index contributed by atoms with van der Waals surface area (Å²) < 4.78 is 1.72. The zero-order valence-electron chi connectivity index (χ0n) is 16.2. The molecular formula is C20H26Cl2N6O. The standard InChI is InChI=1S/C20H24N6O.2ClH/c1-13-19(20(27)23-17-7-3-2-5-14(17)11-21)24-25-26(13)18-8-4-6-15-12-22-10-9-16(15)18;;/h4,6,8-10,12,14,17H,2-3,5,7,11,21H2,1H3,(H,23,27);2*1H. The van der Waals surface area contributed by atoms with Crippen LogP contribution in [-0.2, 0) is 0 Å². The van der Waals surface area contributed by atoms with Crippen molar-refractivity contribution in [3.8, 4) is 5.69 Å². The number of hydrogen-bond donors (Lipinski definition) is 2. The van der Waals surface area contributed by atoms with E-state index in [1.54, 1.807) is 10.9 Å². The van der Waals surface area contributed by atoms with Crippen LogP contribution in [-0.4, -0.2) is 38.5 Å². The van der Waals surface area contributed by atoms with E-state index in [2.05, 4.69) is 20.6 Å². The Balaban J connectivity index is 0.00000150. The molecule has 29 heavy (non-hydrogen) atoms. The average Bonchev–Trinajstić information content (AvgIpc) is 3.09. The van der Waals surface area contributed by atoms with E-state index in [1.807, 2.05) is 37.4 Å². The van der Waals surface area contributed by atoms with Crippen LogP contribution in [0.25, 0.3) is 16.5 Å². The molecule has 2 aromatic heterocycles. The molecule has 1 amide bonds. The van der Waals surface area contributed by atoms with Crippen molar-refractivity contribution in [2.45, 2.75) is 38.6 Å². The molecule has 9 heteroatoms. The Morgan fingerprint density at radius 3 is 2.83 bits per heavy atom. The largest absolute Gasteiger partial charge is 0.348 e. The van der Waals surface area contributed by atoms with Gasteiger partial charge in [-0.15, -0.1) is 29.9 Å². The first kappa shape index (κ1) is 23.1. The van der Waals surface area contributed by atoms with Crippen LogP contribution in [0.4, 0.5) is 0 Å². The van der Waals surface area contributed by atoms with Gasteiger partial charge in [-0.05, 0) is 44.4 Å². The summed E-state index contributed by atoms with van der Waals surface area (Å²) in [6, 6.07) is 7.98. The van der Waals surface area contributed by atoms with Crippen LogP contribution in [0.3, 0.4) is 0 Å². The lowest BCUT2D eigenvalue weighted by Crippen LogP contribution is -2.45. The van der Waals surface area contributed by atoms with Crippen molar-refractivity contribution < 1.29 is 4.79 Å². The van der Waals surface area contributed by atoms with E-state index in [0.29, 0.717) is 18.2 Å². The molecule has 0 saturated heterocycles. The smallest absolute Gasteiger partial charge is 0.273 e. The zero-order valence-corrected chi connectivity index (χ0v) is 17.9. The van der Waals surface area contributed by atoms with Gasteiger partial charge in [-0.3, -0.25) is 9.78 Å². The number of benzene rings is 1. The number of nitrogens with two attached hydrogens (primary N) is 1. The maximum Gasteiger partial charge on any atom is 0.273 e. The molecule has 7 nitrogen and oxygen atoms in total. The molecular weight excluding hydrogens is 411 g/mol. The molecule has 2 unspecified atom stereocenters. The van der Waals surface area contributed by atoms with Gasteiger partial charge in [0.2, 0.25) is 0 Å². The molecule has 0 spiro atoms. The second-order valence-electron chi connectivity index (χ2n) is 7.17. The second-order valence-corrected chi connectivity index (χ2v) is 7.17. The molecule has 1 fully saturated rings. The van der Waals surface area contributed by atoms with Gasteiger partial charge in [-0.25, -0.2) is 4.68 Å². The summed E-state index contributed by atoms with van der Waals surface area (Å²) in [4.78, 5) is 17.0. The number of carbonyl (C=O) groups is 1. The number of nitrogens with one attached hydrogen (secondary N) is 1. The summed E-state index contributed by atoms with van der Waals surface area (Å²) in [5.74, 6) is 0.162. The lowest BCUT2D eigenvalue weighted by atomic mass is 9.84. The topological polar surface area (TPSA) is 98.7 Å². The molecule has 0 bridgehead atoms. The lowest BCUT2D eigenvalue weighted by Gasteiger charge is -2.31. The van der Waals surface area contributed by atoms with Crippen molar-refractivity contribution in [1.82, 2.24) is 25.3 Å². The van der Waals surface area contributed by atoms with E-state index in [0.717, 1.165) is 41.4 Å². The number of hydrogen-bond acceptors (Lipinski definition) is 5. The minimum Gasteiger partial charge on any atom is -0.348 e. The lowest BCUT2D eigenvalue weighted by molar-refractivity contribution is 0.0902. The van der Waals surface area contributed by atoms with Gasteiger partial charge in [-0.1, -0.05) is 30.2 Å². The average molecular weight is 437 g/mol. The molecule has 3 N–H and O–H groups in total. The highest BCUT2D eigenvalue weighted by Crippen LogP contribution is 2.25. The number of pyridine rings is 1. The summed E-state index contributed by atoms with van der Waals surface area (Å²) in [5, 5.41) is 13.6. The first-order valence-electron chi connectivity index (χ1n) is 9.45. The van der Waals surface area contributed by atoms with Crippen LogP contribution in [0.15, 0.2) is 36.7 Å². The van der Waals surface area contributed by atoms with E-state index >= 15 is 0 Å². The van der Waals surface area contributed by atoms with Gasteiger partial charge < -0.3 is 11.1 Å². The van der Waals surface area contributed by atoms with Gasteiger partial charge in [0, 0.05) is 29.2 Å². The number of carbonyl (C=O) groups excluding carboxylic acids is 1. The summed E-state index contributed by atoms with van der Waals surface area (Å²) in [6.07, 6.45) is 7.90. The van der Waals surface area contributed by atoms with Crippen molar-refractivity contribution in [2.75, 3.05) is 6.54 Å². The predicted octanol–water partition coefficient (Wildman–Crippen LogP) is 3.21. The van der Waals surface area contributed by atoms with Gasteiger partial charge in [0.25, 0.3) is 5.91 Å². The monoisotopic (exact) mass is 436 g/mol. The highest BCUT2D eigenvalue weighted by Gasteiger charge is 2.27. The maximum atomic E-state index is 12.8. The van der Waals surface area contributed by atoms with Crippen molar-refractivity contribution in [3.05, 3.63) is 48.0 Å². The Morgan fingerprint density at radius 2 is 2.03 bits per heavy atom. The van der Waals surface area contributed by atoms with E-state index in [-0.39, 0.29) is 36.8 Å². The molecule has 2 atom stereocenters. The minimum atomic E-state index is -0.175. The minimum absolute atomic E-state index is 0. The van der Waals surface area contributed by atoms with Crippen LogP contribution >= 0.6 is 24.8 Å². The molecule has 4 rings (SSSR count). The van der Waals surface area contributed by atoms with Crippen LogP contribution in [0.1, 0.15) is 41.9 Å². The Kier molecular flexibility index (Phi) is 7.96. The van der Waals surface area contributed by atoms with E-state index in [4.69, 9.17) is 5.73 Å². The third-order valence-corrected chi connectivity index (χ3v) is 5.52. The Hall–Kier alpha value is -2.22. The van der Waals surface area contributed by atoms with Gasteiger partial charge in [0.15, 0.2) is 5.69 Å². The van der Waals surface area contributed by atoms with Crippen molar-refractivity contribution in [3.63, 3.8) is 0 Å². The molecule has 156 valence electrons. The molecule has 1 aromatic carbocycles. The van der Waals surface area contributed by atoms with Crippen molar-refractivity contribution in [1.29, 1.82) is 0 Å². The SMILES string of the molecule is Cc1c(C(=O)NC2CCCCC2CN)nnn1-c1cccc2cnccc12.Cl.Cl. The number of rotatable bonds is 4. The molecule has 3 aromatic rings. The summed E-state index contributed by atoms with van der Waals surface area (Å²) >= 11 is 0. The number of amides is 1. The number of halogens is 2. The number of nitrogens with zero attached hydrogens (tertiary/aromatic N) is 4. The van der Waals surface area contributed by atoms with Crippen LogP contribution in [0.2, 0.25) is 0 Å². The third-order valence-electron chi connectivity index (χ3n) is 5.52. The maximum absolute atomic E-state index is 12.8. The molecule has 1 aliphatic rings. The highest BCUT2D eigenvalue weighted by atomic mass is 35.5. The highest BCUT2D eigenvalue weighted by molar-refractivity contribution is 5.94.